The summed E-state index contributed by atoms with van der Waals surface area (Å²) >= 11 is 0. The Kier molecular flexibility index (Phi) is 7.12. The molecule has 1 aromatic heterocycles. The van der Waals surface area contributed by atoms with Crippen molar-refractivity contribution in [2.24, 2.45) is 0 Å². The van der Waals surface area contributed by atoms with Crippen LogP contribution in [0.3, 0.4) is 0 Å². The number of rotatable bonds is 8. The van der Waals surface area contributed by atoms with Gasteiger partial charge in [0.25, 0.3) is 5.91 Å². The number of hydrogen-bond donors (Lipinski definition) is 1. The van der Waals surface area contributed by atoms with Gasteiger partial charge in [-0.3, -0.25) is 9.59 Å². The molecule has 7 nitrogen and oxygen atoms in total. The predicted octanol–water partition coefficient (Wildman–Crippen LogP) is 2.70. The minimum absolute atomic E-state index is 0.115. The largest absolute Gasteiger partial charge is 0.464 e. The molecule has 0 saturated heterocycles. The van der Waals surface area contributed by atoms with Crippen LogP contribution >= 0.6 is 0 Å². The summed E-state index contributed by atoms with van der Waals surface area (Å²) in [4.78, 5) is 42.1. The van der Waals surface area contributed by atoms with Gasteiger partial charge in [0.1, 0.15) is 5.69 Å². The zero-order chi connectivity index (χ0) is 20.8. The van der Waals surface area contributed by atoms with Crippen molar-refractivity contribution in [3.8, 4) is 0 Å². The van der Waals surface area contributed by atoms with E-state index in [-0.39, 0.29) is 30.5 Å². The molecular weight excluding hydrogens is 360 g/mol. The molecule has 0 radical (unpaired) electrons. The smallest absolute Gasteiger partial charge is 0.354 e. The number of H-pyrrole nitrogens is 1. The number of aromatic amines is 1. The molecule has 1 heterocycles. The Bertz CT molecular complexity index is 868. The van der Waals surface area contributed by atoms with E-state index in [0.29, 0.717) is 29.0 Å². The maximum Gasteiger partial charge on any atom is 0.354 e. The first-order valence-corrected chi connectivity index (χ1v) is 8.95. The van der Waals surface area contributed by atoms with Gasteiger partial charge in [0.05, 0.1) is 20.3 Å². The molecule has 7 heteroatoms. The number of carbonyl (C=O) groups excluding carboxylic acids is 3. The summed E-state index contributed by atoms with van der Waals surface area (Å²) in [5, 5.41) is 0. The third kappa shape index (κ3) is 4.67. The fourth-order valence-corrected chi connectivity index (χ4v) is 3.06. The highest BCUT2D eigenvalue weighted by Crippen LogP contribution is 2.20. The van der Waals surface area contributed by atoms with E-state index in [9.17, 15) is 14.4 Å². The molecule has 1 amide bonds. The molecule has 0 saturated carbocycles. The van der Waals surface area contributed by atoms with Crippen molar-refractivity contribution in [2.45, 2.75) is 20.8 Å². The number of aryl methyl sites for hydroxylation is 2. The van der Waals surface area contributed by atoms with E-state index in [4.69, 9.17) is 9.47 Å². The summed E-state index contributed by atoms with van der Waals surface area (Å²) in [7, 11) is 2.83. The van der Waals surface area contributed by atoms with E-state index < -0.39 is 5.97 Å². The highest BCUT2D eigenvalue weighted by molar-refractivity contribution is 6.05. The highest BCUT2D eigenvalue weighted by atomic mass is 16.5. The molecule has 0 aliphatic heterocycles. The summed E-state index contributed by atoms with van der Waals surface area (Å²) < 4.78 is 9.83. The van der Waals surface area contributed by atoms with E-state index in [2.05, 4.69) is 4.98 Å². The minimum Gasteiger partial charge on any atom is -0.464 e. The Labute approximate surface area is 164 Å². The normalized spacial score (nSPS) is 10.6. The lowest BCUT2D eigenvalue weighted by Crippen LogP contribution is -2.38. The number of benzene rings is 1. The molecule has 2 aromatic rings. The molecule has 0 bridgehead atoms. The highest BCUT2D eigenvalue weighted by Gasteiger charge is 2.25. The third-order valence-corrected chi connectivity index (χ3v) is 4.59. The molecule has 2 rings (SSSR count). The van der Waals surface area contributed by atoms with Gasteiger partial charge in [-0.15, -0.1) is 0 Å². The lowest BCUT2D eigenvalue weighted by Gasteiger charge is -2.22. The van der Waals surface area contributed by atoms with Gasteiger partial charge >= 0.3 is 5.97 Å². The Morgan fingerprint density at radius 1 is 1.04 bits per heavy atom. The van der Waals surface area contributed by atoms with Crippen molar-refractivity contribution < 1.29 is 23.9 Å². The fraction of sp³-hybridized carbons (Fsp3) is 0.381. The summed E-state index contributed by atoms with van der Waals surface area (Å²) in [5.41, 5.74) is 3.29. The van der Waals surface area contributed by atoms with Crippen LogP contribution in [0.2, 0.25) is 0 Å². The van der Waals surface area contributed by atoms with Gasteiger partial charge in [0.15, 0.2) is 5.78 Å². The van der Waals surface area contributed by atoms with E-state index >= 15 is 0 Å². The maximum atomic E-state index is 13.0. The first-order valence-electron chi connectivity index (χ1n) is 8.95. The van der Waals surface area contributed by atoms with Gasteiger partial charge in [-0.05, 0) is 38.5 Å². The first kappa shape index (κ1) is 21.4. The Balaban J connectivity index is 2.28. The molecule has 150 valence electrons. The predicted molar refractivity (Wildman–Crippen MR) is 105 cm³/mol. The van der Waals surface area contributed by atoms with Gasteiger partial charge < -0.3 is 19.4 Å². The minimum atomic E-state index is -0.536. The topological polar surface area (TPSA) is 88.7 Å². The first-order chi connectivity index (χ1) is 13.3. The second-order valence-electron chi connectivity index (χ2n) is 6.63. The standard InChI is InChI=1S/C21H26N2O5/c1-13-6-8-16(9-7-13)20(25)23(10-11-27-4)12-17(24)18-14(2)19(21(26)28-5)22-15(18)3/h6-9,22H,10-12H2,1-5H3. The summed E-state index contributed by atoms with van der Waals surface area (Å²) in [5.74, 6) is -1.03. The molecule has 1 N–H and O–H groups in total. The lowest BCUT2D eigenvalue weighted by atomic mass is 10.0. The van der Waals surface area contributed by atoms with Crippen LogP contribution in [0.15, 0.2) is 24.3 Å². The monoisotopic (exact) mass is 386 g/mol. The number of hydrogen-bond acceptors (Lipinski definition) is 5. The van der Waals surface area contributed by atoms with Crippen molar-refractivity contribution in [3.63, 3.8) is 0 Å². The number of aromatic nitrogens is 1. The van der Waals surface area contributed by atoms with E-state index in [1.54, 1.807) is 33.1 Å². The summed E-state index contributed by atoms with van der Waals surface area (Å²) in [6.45, 7) is 5.82. The van der Waals surface area contributed by atoms with Crippen LogP contribution in [0.25, 0.3) is 0 Å². The van der Waals surface area contributed by atoms with Crippen LogP contribution in [0.4, 0.5) is 0 Å². The van der Waals surface area contributed by atoms with Crippen LogP contribution in [0.1, 0.15) is 48.0 Å². The van der Waals surface area contributed by atoms with Crippen LogP contribution in [0, 0.1) is 20.8 Å². The Morgan fingerprint density at radius 2 is 1.68 bits per heavy atom. The van der Waals surface area contributed by atoms with Crippen molar-refractivity contribution >= 4 is 17.7 Å². The average Bonchev–Trinajstić information content (AvgIpc) is 2.98. The van der Waals surface area contributed by atoms with Crippen LogP contribution in [-0.2, 0) is 9.47 Å². The number of nitrogens with one attached hydrogen (secondary N) is 1. The Morgan fingerprint density at radius 3 is 2.25 bits per heavy atom. The second kappa shape index (κ2) is 9.32. The van der Waals surface area contributed by atoms with Crippen molar-refractivity contribution in [3.05, 3.63) is 57.9 Å². The number of amides is 1. The number of methoxy groups -OCH3 is 2. The van der Waals surface area contributed by atoms with Crippen molar-refractivity contribution in [1.29, 1.82) is 0 Å². The number of ketones is 1. The Hall–Kier alpha value is -2.93. The number of carbonyl (C=O) groups is 3. The van der Waals surface area contributed by atoms with E-state index in [1.807, 2.05) is 19.1 Å². The fourth-order valence-electron chi connectivity index (χ4n) is 3.06. The van der Waals surface area contributed by atoms with E-state index in [1.165, 1.54) is 12.0 Å². The van der Waals surface area contributed by atoms with Gasteiger partial charge in [0.2, 0.25) is 0 Å². The molecule has 28 heavy (non-hydrogen) atoms. The van der Waals surface area contributed by atoms with E-state index in [0.717, 1.165) is 5.56 Å². The molecular formula is C21H26N2O5. The van der Waals surface area contributed by atoms with Crippen molar-refractivity contribution in [2.75, 3.05) is 33.9 Å². The summed E-state index contributed by atoms with van der Waals surface area (Å²) in [6, 6.07) is 7.19. The average molecular weight is 386 g/mol. The van der Waals surface area contributed by atoms with Crippen LogP contribution in [-0.4, -0.2) is 61.5 Å². The van der Waals surface area contributed by atoms with Crippen molar-refractivity contribution in [1.82, 2.24) is 9.88 Å². The van der Waals surface area contributed by atoms with Gasteiger partial charge in [0, 0.05) is 30.5 Å². The molecule has 0 atom stereocenters. The molecule has 1 aromatic carbocycles. The van der Waals surface area contributed by atoms with Crippen LogP contribution in [0.5, 0.6) is 0 Å². The van der Waals surface area contributed by atoms with Gasteiger partial charge in [-0.25, -0.2) is 4.79 Å². The zero-order valence-corrected chi connectivity index (χ0v) is 16.9. The SMILES string of the molecule is COCCN(CC(=O)c1c(C)[nH]c(C(=O)OC)c1C)C(=O)c1ccc(C)cc1. The number of ether oxygens (including phenoxy) is 2. The zero-order valence-electron chi connectivity index (χ0n) is 16.9. The lowest BCUT2D eigenvalue weighted by molar-refractivity contribution is 0.0593. The number of esters is 1. The summed E-state index contributed by atoms with van der Waals surface area (Å²) in [6.07, 6.45) is 0. The molecule has 0 aliphatic rings. The number of Topliss-reactive ketones (excluding diaryl/α,β-unsaturated/α-hetero) is 1. The van der Waals surface area contributed by atoms with Crippen LogP contribution < -0.4 is 0 Å². The number of nitrogens with zero attached hydrogens (tertiary/aromatic N) is 1. The molecule has 0 unspecified atom stereocenters. The van der Waals surface area contributed by atoms with Gasteiger partial charge in [-0.2, -0.15) is 0 Å². The molecule has 0 spiro atoms. The molecule has 0 fully saturated rings. The maximum absolute atomic E-state index is 13.0. The van der Waals surface area contributed by atoms with Gasteiger partial charge in [-0.1, -0.05) is 17.7 Å². The molecule has 0 aliphatic carbocycles. The third-order valence-electron chi connectivity index (χ3n) is 4.59. The second-order valence-corrected chi connectivity index (χ2v) is 6.63. The quantitative estimate of drug-likeness (QED) is 0.557.